The lowest BCUT2D eigenvalue weighted by atomic mass is 9.97. The molecule has 1 aromatic carbocycles. The van der Waals surface area contributed by atoms with E-state index in [0.29, 0.717) is 17.4 Å². The van der Waals surface area contributed by atoms with E-state index in [-0.39, 0.29) is 30.7 Å². The van der Waals surface area contributed by atoms with Crippen molar-refractivity contribution in [3.8, 4) is 22.1 Å². The van der Waals surface area contributed by atoms with Crippen LogP contribution in [0.2, 0.25) is 0 Å². The first-order valence-electron chi connectivity index (χ1n) is 9.21. The van der Waals surface area contributed by atoms with Gasteiger partial charge in [-0.3, -0.25) is 4.79 Å². The standard InChI is InChI=1S/C20H27N3O3S.2ClH/c1-13-18(20(24)23-9-7-14(8-10-23)12-21-2)27-19(22-13)15-5-6-16(25-3)17(11-15)26-4;;/h5-6,11,14,21H,7-10,12H2,1-4H3;2*1H. The van der Waals surface area contributed by atoms with E-state index < -0.39 is 0 Å². The number of likely N-dealkylation sites (tertiary alicyclic amines) is 1. The minimum atomic E-state index is 0. The maximum atomic E-state index is 13.0. The van der Waals surface area contributed by atoms with Crippen molar-refractivity contribution in [3.63, 3.8) is 0 Å². The molecule has 1 amide bonds. The van der Waals surface area contributed by atoms with E-state index in [4.69, 9.17) is 9.47 Å². The maximum Gasteiger partial charge on any atom is 0.265 e. The van der Waals surface area contributed by atoms with Crippen LogP contribution in [0.5, 0.6) is 11.5 Å². The highest BCUT2D eigenvalue weighted by Crippen LogP contribution is 2.35. The van der Waals surface area contributed by atoms with Crippen LogP contribution >= 0.6 is 36.2 Å². The number of benzene rings is 1. The zero-order valence-corrected chi connectivity index (χ0v) is 19.6. The Morgan fingerprint density at radius 1 is 1.21 bits per heavy atom. The van der Waals surface area contributed by atoms with Gasteiger partial charge in [0.2, 0.25) is 0 Å². The van der Waals surface area contributed by atoms with Gasteiger partial charge in [-0.05, 0) is 57.5 Å². The summed E-state index contributed by atoms with van der Waals surface area (Å²) in [6.45, 7) is 4.55. The number of methoxy groups -OCH3 is 2. The lowest BCUT2D eigenvalue weighted by molar-refractivity contribution is 0.0695. The number of ether oxygens (including phenoxy) is 2. The fourth-order valence-corrected chi connectivity index (χ4v) is 4.49. The predicted molar refractivity (Wildman–Crippen MR) is 122 cm³/mol. The van der Waals surface area contributed by atoms with Crippen molar-refractivity contribution in [3.05, 3.63) is 28.8 Å². The molecule has 1 aliphatic heterocycles. The van der Waals surface area contributed by atoms with Crippen LogP contribution in [-0.2, 0) is 0 Å². The van der Waals surface area contributed by atoms with Crippen molar-refractivity contribution >= 4 is 42.1 Å². The Morgan fingerprint density at radius 3 is 2.45 bits per heavy atom. The van der Waals surface area contributed by atoms with E-state index in [0.717, 1.165) is 53.6 Å². The second kappa shape index (κ2) is 11.6. The number of thiazole rings is 1. The van der Waals surface area contributed by atoms with E-state index in [9.17, 15) is 4.79 Å². The lowest BCUT2D eigenvalue weighted by Crippen LogP contribution is -2.40. The summed E-state index contributed by atoms with van der Waals surface area (Å²) in [6, 6.07) is 5.70. The Bertz CT molecular complexity index is 808. The molecule has 0 bridgehead atoms. The molecule has 0 aliphatic carbocycles. The Labute approximate surface area is 188 Å². The number of nitrogens with zero attached hydrogens (tertiary/aromatic N) is 2. The summed E-state index contributed by atoms with van der Waals surface area (Å²) in [5.41, 5.74) is 1.71. The second-order valence-corrected chi connectivity index (χ2v) is 7.80. The van der Waals surface area contributed by atoms with E-state index in [1.165, 1.54) is 11.3 Å². The number of rotatable bonds is 6. The summed E-state index contributed by atoms with van der Waals surface area (Å²) >= 11 is 1.45. The fourth-order valence-electron chi connectivity index (χ4n) is 3.46. The van der Waals surface area contributed by atoms with Crippen LogP contribution in [0, 0.1) is 12.8 Å². The molecule has 9 heteroatoms. The van der Waals surface area contributed by atoms with Gasteiger partial charge in [0.15, 0.2) is 11.5 Å². The molecule has 0 unspecified atom stereocenters. The number of amides is 1. The van der Waals surface area contributed by atoms with E-state index in [1.807, 2.05) is 37.1 Å². The summed E-state index contributed by atoms with van der Waals surface area (Å²) in [5.74, 6) is 2.08. The maximum absolute atomic E-state index is 13.0. The summed E-state index contributed by atoms with van der Waals surface area (Å²) in [7, 11) is 5.21. The van der Waals surface area contributed by atoms with Crippen LogP contribution in [-0.4, -0.2) is 56.7 Å². The number of carbonyl (C=O) groups excluding carboxylic acids is 1. The normalized spacial score (nSPS) is 14.0. The monoisotopic (exact) mass is 461 g/mol. The molecule has 0 spiro atoms. The molecule has 2 heterocycles. The van der Waals surface area contributed by atoms with Gasteiger partial charge in [-0.25, -0.2) is 4.98 Å². The fraction of sp³-hybridized carbons (Fsp3) is 0.500. The lowest BCUT2D eigenvalue weighted by Gasteiger charge is -2.31. The quantitative estimate of drug-likeness (QED) is 0.702. The molecule has 0 radical (unpaired) electrons. The van der Waals surface area contributed by atoms with Gasteiger partial charge in [-0.1, -0.05) is 0 Å². The van der Waals surface area contributed by atoms with Crippen LogP contribution in [0.3, 0.4) is 0 Å². The summed E-state index contributed by atoms with van der Waals surface area (Å²) in [4.78, 5) is 20.3. The molecule has 0 saturated carbocycles. The molecule has 2 aromatic rings. The summed E-state index contributed by atoms with van der Waals surface area (Å²) < 4.78 is 10.7. The third-order valence-electron chi connectivity index (χ3n) is 5.02. The highest BCUT2D eigenvalue weighted by molar-refractivity contribution is 7.17. The second-order valence-electron chi connectivity index (χ2n) is 6.80. The van der Waals surface area contributed by atoms with Gasteiger partial charge in [-0.2, -0.15) is 0 Å². The number of aryl methyl sites for hydroxylation is 1. The highest BCUT2D eigenvalue weighted by atomic mass is 35.5. The Balaban J connectivity index is 0.00000210. The first-order chi connectivity index (χ1) is 13.1. The summed E-state index contributed by atoms with van der Waals surface area (Å²) in [6.07, 6.45) is 2.10. The number of nitrogens with one attached hydrogen (secondary N) is 1. The van der Waals surface area contributed by atoms with E-state index in [2.05, 4.69) is 10.3 Å². The van der Waals surface area contributed by atoms with Crippen molar-refractivity contribution in [2.24, 2.45) is 5.92 Å². The molecule has 1 fully saturated rings. The van der Waals surface area contributed by atoms with Crippen LogP contribution < -0.4 is 14.8 Å². The molecule has 0 atom stereocenters. The molecular weight excluding hydrogens is 433 g/mol. The molecule has 162 valence electrons. The van der Waals surface area contributed by atoms with Gasteiger partial charge in [0, 0.05) is 18.7 Å². The zero-order valence-electron chi connectivity index (χ0n) is 17.2. The Morgan fingerprint density at radius 2 is 1.86 bits per heavy atom. The molecule has 1 aliphatic rings. The van der Waals surface area contributed by atoms with Crippen LogP contribution in [0.4, 0.5) is 0 Å². The number of halogens is 2. The average Bonchev–Trinajstić information content (AvgIpc) is 3.09. The van der Waals surface area contributed by atoms with Gasteiger partial charge in [0.05, 0.1) is 19.9 Å². The van der Waals surface area contributed by atoms with Gasteiger partial charge >= 0.3 is 0 Å². The van der Waals surface area contributed by atoms with Crippen molar-refractivity contribution < 1.29 is 14.3 Å². The largest absolute Gasteiger partial charge is 0.493 e. The molecule has 29 heavy (non-hydrogen) atoms. The number of carbonyl (C=O) groups is 1. The van der Waals surface area contributed by atoms with Crippen molar-refractivity contribution in [2.45, 2.75) is 19.8 Å². The first kappa shape index (κ1) is 25.5. The van der Waals surface area contributed by atoms with E-state index in [1.54, 1.807) is 14.2 Å². The van der Waals surface area contributed by atoms with Crippen LogP contribution in [0.25, 0.3) is 10.6 Å². The van der Waals surface area contributed by atoms with Crippen molar-refractivity contribution in [2.75, 3.05) is 40.9 Å². The molecular formula is C20H29Cl2N3O3S. The molecule has 6 nitrogen and oxygen atoms in total. The van der Waals surface area contributed by atoms with Crippen LogP contribution in [0.1, 0.15) is 28.2 Å². The van der Waals surface area contributed by atoms with E-state index >= 15 is 0 Å². The Hall–Kier alpha value is -1.54. The highest BCUT2D eigenvalue weighted by Gasteiger charge is 2.26. The number of hydrogen-bond acceptors (Lipinski definition) is 6. The molecule has 1 N–H and O–H groups in total. The number of hydrogen-bond donors (Lipinski definition) is 1. The average molecular weight is 462 g/mol. The third-order valence-corrected chi connectivity index (χ3v) is 6.21. The van der Waals surface area contributed by atoms with Gasteiger partial charge in [0.25, 0.3) is 5.91 Å². The SMILES string of the molecule is CNCC1CCN(C(=O)c2sc(-c3ccc(OC)c(OC)c3)nc2C)CC1.Cl.Cl. The van der Waals surface area contributed by atoms with Crippen LogP contribution in [0.15, 0.2) is 18.2 Å². The molecule has 1 saturated heterocycles. The van der Waals surface area contributed by atoms with Crippen molar-refractivity contribution in [1.82, 2.24) is 15.2 Å². The molecule has 3 rings (SSSR count). The van der Waals surface area contributed by atoms with Gasteiger partial charge in [0.1, 0.15) is 9.88 Å². The third kappa shape index (κ3) is 5.75. The minimum absolute atomic E-state index is 0. The smallest absolute Gasteiger partial charge is 0.265 e. The predicted octanol–water partition coefficient (Wildman–Crippen LogP) is 4.05. The summed E-state index contributed by atoms with van der Waals surface area (Å²) in [5, 5.41) is 4.05. The minimum Gasteiger partial charge on any atom is -0.493 e. The Kier molecular flexibility index (Phi) is 10.2. The number of aromatic nitrogens is 1. The van der Waals surface area contributed by atoms with Gasteiger partial charge < -0.3 is 19.7 Å². The first-order valence-corrected chi connectivity index (χ1v) is 10.0. The van der Waals surface area contributed by atoms with Gasteiger partial charge in [-0.15, -0.1) is 36.2 Å². The zero-order chi connectivity index (χ0) is 19.4. The number of piperidine rings is 1. The molecule has 1 aromatic heterocycles. The van der Waals surface area contributed by atoms with Crippen molar-refractivity contribution in [1.29, 1.82) is 0 Å². The topological polar surface area (TPSA) is 63.7 Å².